The highest BCUT2D eigenvalue weighted by Gasteiger charge is 2.19. The van der Waals surface area contributed by atoms with Gasteiger partial charge in [-0.2, -0.15) is 5.26 Å². The number of allylic oxidation sites excluding steroid dienone is 4. The molecule has 37 heavy (non-hydrogen) atoms. The van der Waals surface area contributed by atoms with Crippen LogP contribution >= 0.6 is 0 Å². The number of hydrogen-bond acceptors (Lipinski definition) is 3. The van der Waals surface area contributed by atoms with E-state index >= 15 is 0 Å². The van der Waals surface area contributed by atoms with Crippen LogP contribution < -0.4 is 0 Å². The number of aryl methyl sites for hydroxylation is 1. The third-order valence-corrected chi connectivity index (χ3v) is 6.15. The van der Waals surface area contributed by atoms with Crippen molar-refractivity contribution in [3.05, 3.63) is 131 Å². The smallest absolute Gasteiger partial charge is 0.335 e. The van der Waals surface area contributed by atoms with Gasteiger partial charge in [-0.1, -0.05) is 86.2 Å². The Morgan fingerprint density at radius 1 is 1.05 bits per heavy atom. The third kappa shape index (κ3) is 7.39. The van der Waals surface area contributed by atoms with Crippen LogP contribution in [-0.4, -0.2) is 11.1 Å². The van der Waals surface area contributed by atoms with E-state index in [-0.39, 0.29) is 11.7 Å². The number of aromatic carboxylic acids is 1. The first-order valence-corrected chi connectivity index (χ1v) is 12.5. The fraction of sp³-hybridized carbons (Fsp3) is 0.212. The molecule has 0 heterocycles. The van der Waals surface area contributed by atoms with Gasteiger partial charge in [-0.25, -0.2) is 4.79 Å². The summed E-state index contributed by atoms with van der Waals surface area (Å²) in [6, 6.07) is 22.9. The molecule has 0 aliphatic rings. The molecule has 0 aromatic heterocycles. The van der Waals surface area contributed by atoms with Crippen LogP contribution in [0.25, 0.3) is 11.1 Å². The summed E-state index contributed by atoms with van der Waals surface area (Å²) >= 11 is 0. The second kappa shape index (κ2) is 13.8. The summed E-state index contributed by atoms with van der Waals surface area (Å²) in [7, 11) is 0. The Labute approximate surface area is 219 Å². The van der Waals surface area contributed by atoms with Gasteiger partial charge in [0.1, 0.15) is 6.10 Å². The van der Waals surface area contributed by atoms with Gasteiger partial charge in [0.2, 0.25) is 0 Å². The summed E-state index contributed by atoms with van der Waals surface area (Å²) in [5, 5.41) is 19.0. The van der Waals surface area contributed by atoms with Crippen LogP contribution in [0.15, 0.2) is 103 Å². The molecule has 0 aliphatic carbocycles. The van der Waals surface area contributed by atoms with Crippen molar-refractivity contribution in [1.82, 2.24) is 0 Å². The standard InChI is InChI=1S/C33H33NO3/c1-4-6-7-8-9-13-26(5-2)32(37-23-25-15-17-27(18-16-25)33(35)36)28-19-20-29(22-34)31(21-28)30-14-11-10-12-24(30)3/h5,7-21,32H,4,6,23H2,1-3H3,(H,35,36)/b8-7+,13-9-,26-5+. The monoisotopic (exact) mass is 491 g/mol. The van der Waals surface area contributed by atoms with E-state index in [4.69, 9.17) is 4.74 Å². The van der Waals surface area contributed by atoms with Crippen LogP contribution in [0.5, 0.6) is 0 Å². The van der Waals surface area contributed by atoms with Crippen molar-refractivity contribution in [3.8, 4) is 17.2 Å². The Hall–Kier alpha value is -4.20. The van der Waals surface area contributed by atoms with Crippen LogP contribution in [0.2, 0.25) is 0 Å². The van der Waals surface area contributed by atoms with Gasteiger partial charge in [-0.15, -0.1) is 0 Å². The first-order valence-electron chi connectivity index (χ1n) is 12.5. The molecular formula is C33H33NO3. The molecule has 0 aliphatic heterocycles. The fourth-order valence-electron chi connectivity index (χ4n) is 4.07. The Kier molecular flexibility index (Phi) is 10.2. The minimum Gasteiger partial charge on any atom is -0.478 e. The van der Waals surface area contributed by atoms with E-state index in [0.29, 0.717) is 12.2 Å². The van der Waals surface area contributed by atoms with E-state index in [1.165, 1.54) is 0 Å². The van der Waals surface area contributed by atoms with Crippen molar-refractivity contribution < 1.29 is 14.6 Å². The van der Waals surface area contributed by atoms with Crippen molar-refractivity contribution in [2.24, 2.45) is 0 Å². The van der Waals surface area contributed by atoms with Crippen molar-refractivity contribution in [3.63, 3.8) is 0 Å². The molecule has 4 nitrogen and oxygen atoms in total. The van der Waals surface area contributed by atoms with Crippen LogP contribution in [0.4, 0.5) is 0 Å². The molecule has 188 valence electrons. The number of hydrogen-bond donors (Lipinski definition) is 1. The number of carboxylic acids is 1. The van der Waals surface area contributed by atoms with E-state index < -0.39 is 5.97 Å². The van der Waals surface area contributed by atoms with Crippen molar-refractivity contribution in [2.75, 3.05) is 0 Å². The number of nitriles is 1. The summed E-state index contributed by atoms with van der Waals surface area (Å²) in [5.74, 6) is -0.955. The number of carbonyl (C=O) groups is 1. The fourth-order valence-corrected chi connectivity index (χ4v) is 4.07. The molecule has 0 bridgehead atoms. The lowest BCUT2D eigenvalue weighted by Gasteiger charge is -2.21. The van der Waals surface area contributed by atoms with E-state index in [9.17, 15) is 15.2 Å². The number of benzene rings is 3. The molecular weight excluding hydrogens is 458 g/mol. The maximum Gasteiger partial charge on any atom is 0.335 e. The molecule has 1 atom stereocenters. The van der Waals surface area contributed by atoms with Crippen molar-refractivity contribution in [1.29, 1.82) is 5.26 Å². The second-order valence-electron chi connectivity index (χ2n) is 8.79. The molecule has 3 aromatic rings. The lowest BCUT2D eigenvalue weighted by Crippen LogP contribution is -2.08. The first kappa shape index (κ1) is 27.4. The second-order valence-corrected chi connectivity index (χ2v) is 8.79. The number of carboxylic acid groups (broad SMARTS) is 1. The average Bonchev–Trinajstić information content (AvgIpc) is 2.92. The molecule has 1 N–H and O–H groups in total. The van der Waals surface area contributed by atoms with E-state index in [1.807, 2.05) is 74.5 Å². The Bertz CT molecular complexity index is 1340. The highest BCUT2D eigenvalue weighted by Crippen LogP contribution is 2.34. The number of rotatable bonds is 11. The minimum absolute atomic E-state index is 0.242. The summed E-state index contributed by atoms with van der Waals surface area (Å²) in [4.78, 5) is 11.2. The highest BCUT2D eigenvalue weighted by atomic mass is 16.5. The van der Waals surface area contributed by atoms with Gasteiger partial charge in [0.15, 0.2) is 0 Å². The molecule has 1 unspecified atom stereocenters. The molecule has 4 heteroatoms. The van der Waals surface area contributed by atoms with Gasteiger partial charge < -0.3 is 9.84 Å². The molecule has 0 saturated carbocycles. The van der Waals surface area contributed by atoms with Crippen LogP contribution in [-0.2, 0) is 11.3 Å². The van der Waals surface area contributed by atoms with Crippen LogP contribution in [0, 0.1) is 18.3 Å². The summed E-state index contributed by atoms with van der Waals surface area (Å²) < 4.78 is 6.47. The van der Waals surface area contributed by atoms with Crippen LogP contribution in [0.1, 0.15) is 65.4 Å². The van der Waals surface area contributed by atoms with Crippen molar-refractivity contribution >= 4 is 5.97 Å². The van der Waals surface area contributed by atoms with E-state index in [0.717, 1.165) is 46.2 Å². The predicted molar refractivity (Wildman–Crippen MR) is 149 cm³/mol. The van der Waals surface area contributed by atoms with Gasteiger partial charge in [0.05, 0.1) is 23.8 Å². The third-order valence-electron chi connectivity index (χ3n) is 6.15. The molecule has 0 spiro atoms. The molecule has 0 saturated heterocycles. The number of unbranched alkanes of at least 4 members (excludes halogenated alkanes) is 1. The zero-order valence-corrected chi connectivity index (χ0v) is 21.6. The topological polar surface area (TPSA) is 70.3 Å². The van der Waals surface area contributed by atoms with Gasteiger partial charge >= 0.3 is 5.97 Å². The summed E-state index contributed by atoms with van der Waals surface area (Å²) in [6.45, 7) is 6.48. The Morgan fingerprint density at radius 3 is 2.46 bits per heavy atom. The molecule has 0 radical (unpaired) electrons. The van der Waals surface area contributed by atoms with E-state index in [2.05, 4.69) is 25.1 Å². The minimum atomic E-state index is -0.955. The molecule has 3 rings (SSSR count). The first-order chi connectivity index (χ1) is 18.0. The van der Waals surface area contributed by atoms with Gasteiger partial charge in [-0.05, 0) is 72.4 Å². The van der Waals surface area contributed by atoms with Gasteiger partial charge in [0.25, 0.3) is 0 Å². The Balaban J connectivity index is 2.00. The van der Waals surface area contributed by atoms with Gasteiger partial charge in [-0.3, -0.25) is 0 Å². The molecule has 0 amide bonds. The summed E-state index contributed by atoms with van der Waals surface area (Å²) in [6.07, 6.45) is 12.0. The zero-order chi connectivity index (χ0) is 26.6. The van der Waals surface area contributed by atoms with Crippen LogP contribution in [0.3, 0.4) is 0 Å². The van der Waals surface area contributed by atoms with Gasteiger partial charge in [0, 0.05) is 5.56 Å². The van der Waals surface area contributed by atoms with E-state index in [1.54, 1.807) is 24.3 Å². The summed E-state index contributed by atoms with van der Waals surface area (Å²) in [5.41, 5.74) is 6.65. The number of ether oxygens (including phenoxy) is 1. The normalized spacial score (nSPS) is 12.6. The largest absolute Gasteiger partial charge is 0.478 e. The Morgan fingerprint density at radius 2 is 1.81 bits per heavy atom. The molecule has 3 aromatic carbocycles. The predicted octanol–water partition coefficient (Wildman–Crippen LogP) is 8.35. The lowest BCUT2D eigenvalue weighted by molar-refractivity contribution is 0.0659. The van der Waals surface area contributed by atoms with Crippen molar-refractivity contribution in [2.45, 2.75) is 46.3 Å². The highest BCUT2D eigenvalue weighted by molar-refractivity contribution is 5.87. The quantitative estimate of drug-likeness (QED) is 0.274. The zero-order valence-electron chi connectivity index (χ0n) is 21.6. The lowest BCUT2D eigenvalue weighted by atomic mass is 9.91. The maximum absolute atomic E-state index is 11.2. The molecule has 0 fully saturated rings. The maximum atomic E-state index is 11.2. The average molecular weight is 492 g/mol. The SMILES string of the molecule is C\C=C(/C=C\C=C\CCC)C(OCc1ccc(C(=O)O)cc1)c1ccc(C#N)c(-c2ccccc2C)c1. The number of nitrogens with zero attached hydrogens (tertiary/aromatic N) is 1.